The molecule has 0 saturated carbocycles. The van der Waals surface area contributed by atoms with Gasteiger partial charge in [0.1, 0.15) is 5.75 Å². The zero-order chi connectivity index (χ0) is 17.5. The second-order valence-electron chi connectivity index (χ2n) is 5.78. The highest BCUT2D eigenvalue weighted by Gasteiger charge is 2.24. The van der Waals surface area contributed by atoms with E-state index in [0.717, 1.165) is 6.26 Å². The second kappa shape index (κ2) is 6.19. The third kappa shape index (κ3) is 3.31. The average Bonchev–Trinajstić information content (AvgIpc) is 2.50. The molecule has 0 atom stereocenters. The highest BCUT2D eigenvalue weighted by molar-refractivity contribution is 7.90. The van der Waals surface area contributed by atoms with Crippen LogP contribution in [0, 0.1) is 0 Å². The summed E-state index contributed by atoms with van der Waals surface area (Å²) in [5.41, 5.74) is 1.21. The van der Waals surface area contributed by atoms with Crippen LogP contribution in [0.1, 0.15) is 16.8 Å². The van der Waals surface area contributed by atoms with E-state index in [-0.39, 0.29) is 15.9 Å². The fourth-order valence-electron chi connectivity index (χ4n) is 2.71. The van der Waals surface area contributed by atoms with Crippen molar-refractivity contribution in [2.75, 3.05) is 12.8 Å². The summed E-state index contributed by atoms with van der Waals surface area (Å²) < 4.78 is 23.3. The van der Waals surface area contributed by atoms with E-state index in [0.29, 0.717) is 42.9 Å². The molecule has 0 aliphatic carbocycles. The van der Waals surface area contributed by atoms with E-state index in [1.807, 2.05) is 4.90 Å². The number of rotatable bonds is 3. The Bertz CT molecular complexity index is 956. The number of H-pyrrole nitrogens is 1. The van der Waals surface area contributed by atoms with Crippen LogP contribution in [0.5, 0.6) is 5.75 Å². The summed E-state index contributed by atoms with van der Waals surface area (Å²) >= 11 is 5.91. The topological polar surface area (TPSA) is 103 Å². The maximum atomic E-state index is 12.1. The van der Waals surface area contributed by atoms with Crippen LogP contribution in [-0.2, 0) is 29.3 Å². The molecule has 24 heavy (non-hydrogen) atoms. The molecule has 2 N–H and O–H groups in total. The first-order valence-electron chi connectivity index (χ1n) is 7.26. The van der Waals surface area contributed by atoms with Crippen LogP contribution >= 0.6 is 11.6 Å². The number of halogens is 1. The van der Waals surface area contributed by atoms with Crippen molar-refractivity contribution in [1.82, 2.24) is 14.9 Å². The van der Waals surface area contributed by atoms with Gasteiger partial charge in [0.05, 0.1) is 10.7 Å². The number of fused-ring (bicyclic) bond motifs is 1. The predicted molar refractivity (Wildman–Crippen MR) is 88.9 cm³/mol. The number of phenols is 1. The molecule has 1 aromatic carbocycles. The largest absolute Gasteiger partial charge is 0.506 e. The molecule has 0 saturated heterocycles. The Hall–Kier alpha value is -1.90. The zero-order valence-electron chi connectivity index (χ0n) is 12.9. The molecule has 0 radical (unpaired) electrons. The standard InChI is InChI=1S/C15H16ClN3O4S/c1-24(22,23)15-17-12-8-19(6-5-10(12)14(21)18-15)7-9-3-2-4-11(16)13(9)20/h2-4,20H,5-8H2,1H3,(H,17,18,21). The van der Waals surface area contributed by atoms with E-state index in [4.69, 9.17) is 11.6 Å². The number of sulfone groups is 1. The van der Waals surface area contributed by atoms with Crippen molar-refractivity contribution in [1.29, 1.82) is 0 Å². The van der Waals surface area contributed by atoms with Gasteiger partial charge in [0, 0.05) is 37.0 Å². The smallest absolute Gasteiger partial charge is 0.255 e. The SMILES string of the molecule is CS(=O)(=O)c1nc2c(c(=O)[nH]1)CCN(Cc1cccc(Cl)c1O)C2. The molecule has 1 aliphatic heterocycles. The lowest BCUT2D eigenvalue weighted by atomic mass is 10.1. The predicted octanol–water partition coefficient (Wildman–Crippen LogP) is 1.09. The average molecular weight is 370 g/mol. The Morgan fingerprint density at radius 2 is 2.17 bits per heavy atom. The third-order valence-electron chi connectivity index (χ3n) is 3.95. The lowest BCUT2D eigenvalue weighted by Crippen LogP contribution is -2.35. The minimum atomic E-state index is -3.59. The molecule has 7 nitrogen and oxygen atoms in total. The molecular weight excluding hydrogens is 354 g/mol. The number of aromatic hydroxyl groups is 1. The highest BCUT2D eigenvalue weighted by atomic mass is 35.5. The summed E-state index contributed by atoms with van der Waals surface area (Å²) in [6, 6.07) is 5.12. The van der Waals surface area contributed by atoms with E-state index in [1.54, 1.807) is 18.2 Å². The minimum absolute atomic E-state index is 0.0284. The number of hydrogen-bond donors (Lipinski definition) is 2. The molecule has 1 aromatic heterocycles. The fraction of sp³-hybridized carbons (Fsp3) is 0.333. The van der Waals surface area contributed by atoms with E-state index in [9.17, 15) is 18.3 Å². The first kappa shape index (κ1) is 16.9. The molecule has 128 valence electrons. The number of nitrogens with zero attached hydrogens (tertiary/aromatic N) is 2. The van der Waals surface area contributed by atoms with Gasteiger partial charge in [-0.25, -0.2) is 13.4 Å². The van der Waals surface area contributed by atoms with Crippen LogP contribution in [-0.4, -0.2) is 41.2 Å². The van der Waals surface area contributed by atoms with Crippen molar-refractivity contribution in [3.05, 3.63) is 50.4 Å². The van der Waals surface area contributed by atoms with Crippen molar-refractivity contribution in [2.24, 2.45) is 0 Å². The van der Waals surface area contributed by atoms with Crippen LogP contribution in [0.2, 0.25) is 5.02 Å². The summed E-state index contributed by atoms with van der Waals surface area (Å²) in [6.45, 7) is 1.35. The van der Waals surface area contributed by atoms with Gasteiger partial charge in [0.15, 0.2) is 0 Å². The molecule has 0 fully saturated rings. The monoisotopic (exact) mass is 369 g/mol. The van der Waals surface area contributed by atoms with E-state index in [1.165, 1.54) is 0 Å². The van der Waals surface area contributed by atoms with Gasteiger partial charge < -0.3 is 5.11 Å². The van der Waals surface area contributed by atoms with Crippen LogP contribution in [0.15, 0.2) is 28.2 Å². The van der Waals surface area contributed by atoms with Crippen molar-refractivity contribution in [2.45, 2.75) is 24.7 Å². The Kier molecular flexibility index (Phi) is 4.37. The van der Waals surface area contributed by atoms with Crippen molar-refractivity contribution in [3.63, 3.8) is 0 Å². The molecule has 0 amide bonds. The summed E-state index contributed by atoms with van der Waals surface area (Å²) in [7, 11) is -3.59. The van der Waals surface area contributed by atoms with Crippen molar-refractivity contribution in [3.8, 4) is 5.75 Å². The van der Waals surface area contributed by atoms with Gasteiger partial charge in [0.25, 0.3) is 5.56 Å². The molecule has 0 spiro atoms. The Morgan fingerprint density at radius 3 is 2.88 bits per heavy atom. The maximum absolute atomic E-state index is 12.1. The number of aromatic nitrogens is 2. The molecule has 2 heterocycles. The summed E-state index contributed by atoms with van der Waals surface area (Å²) in [5.74, 6) is 0.0284. The molecule has 0 unspecified atom stereocenters. The number of aromatic amines is 1. The van der Waals surface area contributed by atoms with Crippen LogP contribution in [0.25, 0.3) is 0 Å². The number of hydrogen-bond acceptors (Lipinski definition) is 6. The minimum Gasteiger partial charge on any atom is -0.506 e. The van der Waals surface area contributed by atoms with Crippen LogP contribution < -0.4 is 5.56 Å². The van der Waals surface area contributed by atoms with Gasteiger partial charge >= 0.3 is 0 Å². The van der Waals surface area contributed by atoms with Crippen molar-refractivity contribution < 1.29 is 13.5 Å². The zero-order valence-corrected chi connectivity index (χ0v) is 14.5. The first-order valence-corrected chi connectivity index (χ1v) is 9.53. The van der Waals surface area contributed by atoms with Gasteiger partial charge in [-0.1, -0.05) is 23.7 Å². The lowest BCUT2D eigenvalue weighted by Gasteiger charge is -2.27. The number of nitrogens with one attached hydrogen (secondary N) is 1. The fourth-order valence-corrected chi connectivity index (χ4v) is 3.46. The Balaban J connectivity index is 1.90. The van der Waals surface area contributed by atoms with E-state index >= 15 is 0 Å². The third-order valence-corrected chi connectivity index (χ3v) is 5.15. The highest BCUT2D eigenvalue weighted by Crippen LogP contribution is 2.29. The van der Waals surface area contributed by atoms with Crippen LogP contribution in [0.3, 0.4) is 0 Å². The molecule has 1 aliphatic rings. The normalized spacial score (nSPS) is 15.2. The summed E-state index contributed by atoms with van der Waals surface area (Å²) in [5, 5.41) is 9.97. The van der Waals surface area contributed by atoms with Gasteiger partial charge in [-0.05, 0) is 12.5 Å². The molecule has 0 bridgehead atoms. The molecule has 9 heteroatoms. The lowest BCUT2D eigenvalue weighted by molar-refractivity contribution is 0.236. The number of para-hydroxylation sites is 1. The van der Waals surface area contributed by atoms with Gasteiger partial charge in [-0.2, -0.15) is 0 Å². The summed E-state index contributed by atoms with van der Waals surface area (Å²) in [6.07, 6.45) is 1.46. The second-order valence-corrected chi connectivity index (χ2v) is 8.11. The summed E-state index contributed by atoms with van der Waals surface area (Å²) in [4.78, 5) is 20.5. The number of benzene rings is 1. The van der Waals surface area contributed by atoms with Crippen LogP contribution in [0.4, 0.5) is 0 Å². The Labute approximate surface area is 143 Å². The first-order chi connectivity index (χ1) is 11.3. The van der Waals surface area contributed by atoms with E-state index < -0.39 is 15.4 Å². The van der Waals surface area contributed by atoms with Crippen molar-refractivity contribution >= 4 is 21.4 Å². The quantitative estimate of drug-likeness (QED) is 0.785. The maximum Gasteiger partial charge on any atom is 0.255 e. The van der Waals surface area contributed by atoms with Gasteiger partial charge in [0.2, 0.25) is 15.0 Å². The Morgan fingerprint density at radius 1 is 1.42 bits per heavy atom. The molecule has 3 rings (SSSR count). The molecular formula is C15H16ClN3O4S. The van der Waals surface area contributed by atoms with Gasteiger partial charge in [-0.3, -0.25) is 14.7 Å². The van der Waals surface area contributed by atoms with Gasteiger partial charge in [-0.15, -0.1) is 0 Å². The number of phenolic OH excluding ortho intramolecular Hbond substituents is 1. The van der Waals surface area contributed by atoms with E-state index in [2.05, 4.69) is 9.97 Å². The molecule has 2 aromatic rings.